The van der Waals surface area contributed by atoms with Crippen LogP contribution in [0.3, 0.4) is 0 Å². The van der Waals surface area contributed by atoms with E-state index < -0.39 is 0 Å². The molecule has 2 nitrogen and oxygen atoms in total. The number of anilines is 3. The van der Waals surface area contributed by atoms with Gasteiger partial charge in [-0.15, -0.1) is 0 Å². The number of fused-ring (bicyclic) bond motifs is 4. The summed E-state index contributed by atoms with van der Waals surface area (Å²) >= 11 is 0. The molecular formula is C46H31NO. The molecule has 0 radical (unpaired) electrons. The summed E-state index contributed by atoms with van der Waals surface area (Å²) < 4.78 is 6.43. The maximum atomic E-state index is 6.43. The van der Waals surface area contributed by atoms with Crippen molar-refractivity contribution in [1.29, 1.82) is 0 Å². The van der Waals surface area contributed by atoms with Crippen LogP contribution in [0.25, 0.3) is 66.1 Å². The highest BCUT2D eigenvalue weighted by Gasteiger charge is 2.17. The van der Waals surface area contributed by atoms with Crippen LogP contribution in [0.5, 0.6) is 0 Å². The molecule has 8 aromatic carbocycles. The number of rotatable bonds is 6. The highest BCUT2D eigenvalue weighted by Crippen LogP contribution is 2.41. The van der Waals surface area contributed by atoms with Gasteiger partial charge in [-0.05, 0) is 87.1 Å². The van der Waals surface area contributed by atoms with Gasteiger partial charge in [0.2, 0.25) is 0 Å². The zero-order chi connectivity index (χ0) is 31.9. The first kappa shape index (κ1) is 27.9. The van der Waals surface area contributed by atoms with Gasteiger partial charge in [0.05, 0.1) is 0 Å². The Hall–Kier alpha value is -6.38. The maximum Gasteiger partial charge on any atom is 0.143 e. The standard InChI is InChI=1S/C46H31NO/c1-2-13-37(14-3-1)47(38-27-23-33(24-28-38)36-22-21-32-11-4-5-12-35(32)31-36)39-29-25-34(26-30-39)40-15-6-7-16-41(40)43-18-10-19-44-42-17-8-9-20-45(42)48-46(43)44/h1-31H. The fourth-order valence-electron chi connectivity index (χ4n) is 6.92. The minimum absolute atomic E-state index is 0.910. The number of nitrogens with zero attached hydrogens (tertiary/aromatic N) is 1. The fourth-order valence-corrected chi connectivity index (χ4v) is 6.92. The van der Waals surface area contributed by atoms with E-state index in [4.69, 9.17) is 4.42 Å². The van der Waals surface area contributed by atoms with Gasteiger partial charge in [-0.1, -0.05) is 140 Å². The third kappa shape index (κ3) is 4.92. The minimum atomic E-state index is 0.910. The minimum Gasteiger partial charge on any atom is -0.455 e. The van der Waals surface area contributed by atoms with E-state index in [1.165, 1.54) is 27.5 Å². The van der Waals surface area contributed by atoms with Gasteiger partial charge in [-0.25, -0.2) is 0 Å². The summed E-state index contributed by atoms with van der Waals surface area (Å²) in [5, 5.41) is 4.78. The molecule has 0 unspecified atom stereocenters. The summed E-state index contributed by atoms with van der Waals surface area (Å²) in [6.07, 6.45) is 0. The number of hydrogen-bond donors (Lipinski definition) is 0. The molecule has 0 N–H and O–H groups in total. The van der Waals surface area contributed by atoms with Crippen molar-refractivity contribution < 1.29 is 4.42 Å². The largest absolute Gasteiger partial charge is 0.455 e. The molecule has 48 heavy (non-hydrogen) atoms. The average molecular weight is 614 g/mol. The lowest BCUT2D eigenvalue weighted by Crippen LogP contribution is -2.09. The first-order valence-corrected chi connectivity index (χ1v) is 16.3. The molecule has 0 fully saturated rings. The summed E-state index contributed by atoms with van der Waals surface area (Å²) in [6.45, 7) is 0. The van der Waals surface area contributed by atoms with Crippen molar-refractivity contribution in [2.75, 3.05) is 4.90 Å². The molecule has 0 atom stereocenters. The van der Waals surface area contributed by atoms with Crippen molar-refractivity contribution in [2.24, 2.45) is 0 Å². The zero-order valence-electron chi connectivity index (χ0n) is 26.3. The SMILES string of the molecule is c1ccc(N(c2ccc(-c3ccc4ccccc4c3)cc2)c2ccc(-c3ccccc3-c3cccc4c3oc3ccccc34)cc2)cc1. The van der Waals surface area contributed by atoms with Crippen molar-refractivity contribution in [2.45, 2.75) is 0 Å². The van der Waals surface area contributed by atoms with Crippen molar-refractivity contribution in [3.63, 3.8) is 0 Å². The van der Waals surface area contributed by atoms with Crippen molar-refractivity contribution in [3.8, 4) is 33.4 Å². The van der Waals surface area contributed by atoms with Crippen LogP contribution < -0.4 is 4.90 Å². The van der Waals surface area contributed by atoms with Crippen LogP contribution in [0.15, 0.2) is 192 Å². The van der Waals surface area contributed by atoms with Crippen LogP contribution in [-0.4, -0.2) is 0 Å². The molecular weight excluding hydrogens is 583 g/mol. The molecule has 2 heteroatoms. The van der Waals surface area contributed by atoms with Crippen LogP contribution in [0.4, 0.5) is 17.1 Å². The summed E-state index contributed by atoms with van der Waals surface area (Å²) in [4.78, 5) is 2.31. The predicted molar refractivity (Wildman–Crippen MR) is 202 cm³/mol. The first-order chi connectivity index (χ1) is 23.8. The number of para-hydroxylation sites is 3. The van der Waals surface area contributed by atoms with Gasteiger partial charge < -0.3 is 9.32 Å². The van der Waals surface area contributed by atoms with E-state index >= 15 is 0 Å². The molecule has 1 aromatic heterocycles. The molecule has 0 saturated heterocycles. The lowest BCUT2D eigenvalue weighted by atomic mass is 9.93. The van der Waals surface area contributed by atoms with Crippen LogP contribution in [0, 0.1) is 0 Å². The van der Waals surface area contributed by atoms with E-state index in [0.29, 0.717) is 0 Å². The van der Waals surface area contributed by atoms with E-state index in [2.05, 4.69) is 181 Å². The zero-order valence-corrected chi connectivity index (χ0v) is 26.3. The number of furan rings is 1. The molecule has 0 bridgehead atoms. The Morgan fingerprint density at radius 2 is 0.896 bits per heavy atom. The molecule has 226 valence electrons. The van der Waals surface area contributed by atoms with Gasteiger partial charge in [0.1, 0.15) is 11.2 Å². The Morgan fingerprint density at radius 3 is 1.69 bits per heavy atom. The predicted octanol–water partition coefficient (Wildman–Crippen LogP) is 13.2. The van der Waals surface area contributed by atoms with E-state index in [-0.39, 0.29) is 0 Å². The lowest BCUT2D eigenvalue weighted by molar-refractivity contribution is 0.670. The van der Waals surface area contributed by atoms with Gasteiger partial charge in [0.25, 0.3) is 0 Å². The highest BCUT2D eigenvalue weighted by atomic mass is 16.3. The Kier molecular flexibility index (Phi) is 6.84. The molecule has 9 rings (SSSR count). The summed E-state index contributed by atoms with van der Waals surface area (Å²) in [6, 6.07) is 66.8. The second-order valence-corrected chi connectivity index (χ2v) is 12.2. The van der Waals surface area contributed by atoms with Gasteiger partial charge >= 0.3 is 0 Å². The third-order valence-electron chi connectivity index (χ3n) is 9.28. The van der Waals surface area contributed by atoms with E-state index in [1.54, 1.807) is 0 Å². The molecule has 0 saturated carbocycles. The Labute approximate surface area is 279 Å². The molecule has 0 amide bonds. The maximum absolute atomic E-state index is 6.43. The van der Waals surface area contributed by atoms with Gasteiger partial charge in [0.15, 0.2) is 0 Å². The second-order valence-electron chi connectivity index (χ2n) is 12.2. The van der Waals surface area contributed by atoms with Crippen LogP contribution in [-0.2, 0) is 0 Å². The Morgan fingerprint density at radius 1 is 0.333 bits per heavy atom. The molecule has 1 heterocycles. The van der Waals surface area contributed by atoms with E-state index in [1.807, 2.05) is 12.1 Å². The third-order valence-corrected chi connectivity index (χ3v) is 9.28. The average Bonchev–Trinajstić information content (AvgIpc) is 3.55. The molecule has 9 aromatic rings. The van der Waals surface area contributed by atoms with Crippen molar-refractivity contribution >= 4 is 49.8 Å². The van der Waals surface area contributed by atoms with Crippen molar-refractivity contribution in [1.82, 2.24) is 0 Å². The topological polar surface area (TPSA) is 16.4 Å². The Balaban J connectivity index is 1.09. The lowest BCUT2D eigenvalue weighted by Gasteiger charge is -2.26. The smallest absolute Gasteiger partial charge is 0.143 e. The van der Waals surface area contributed by atoms with Crippen LogP contribution in [0.1, 0.15) is 0 Å². The molecule has 0 aliphatic heterocycles. The number of benzene rings is 8. The van der Waals surface area contributed by atoms with Crippen molar-refractivity contribution in [3.05, 3.63) is 188 Å². The number of hydrogen-bond acceptors (Lipinski definition) is 2. The molecule has 0 aliphatic rings. The van der Waals surface area contributed by atoms with Crippen LogP contribution in [0.2, 0.25) is 0 Å². The quantitative estimate of drug-likeness (QED) is 0.185. The fraction of sp³-hybridized carbons (Fsp3) is 0. The first-order valence-electron chi connectivity index (χ1n) is 16.3. The molecule has 0 aliphatic carbocycles. The second kappa shape index (κ2) is 11.8. The molecule has 0 spiro atoms. The summed E-state index contributed by atoms with van der Waals surface area (Å²) in [5.74, 6) is 0. The monoisotopic (exact) mass is 613 g/mol. The van der Waals surface area contributed by atoms with Gasteiger partial charge in [-0.3, -0.25) is 0 Å². The highest BCUT2D eigenvalue weighted by molar-refractivity contribution is 6.10. The van der Waals surface area contributed by atoms with Gasteiger partial charge in [0, 0.05) is 33.4 Å². The summed E-state index contributed by atoms with van der Waals surface area (Å²) in [7, 11) is 0. The van der Waals surface area contributed by atoms with E-state index in [0.717, 1.165) is 55.7 Å². The van der Waals surface area contributed by atoms with Gasteiger partial charge in [-0.2, -0.15) is 0 Å². The Bertz CT molecular complexity index is 2540. The normalized spacial score (nSPS) is 11.3. The summed E-state index contributed by atoms with van der Waals surface area (Å²) in [5.41, 5.74) is 12.1. The van der Waals surface area contributed by atoms with E-state index in [9.17, 15) is 0 Å². The van der Waals surface area contributed by atoms with Crippen LogP contribution >= 0.6 is 0 Å².